The molecular formula is C12H16N2O. The maximum atomic E-state index is 9.67. The van der Waals surface area contributed by atoms with Crippen molar-refractivity contribution in [1.29, 1.82) is 5.26 Å². The van der Waals surface area contributed by atoms with Gasteiger partial charge in [0.2, 0.25) is 0 Å². The summed E-state index contributed by atoms with van der Waals surface area (Å²) in [4.78, 5) is 0. The minimum absolute atomic E-state index is 0.0638. The van der Waals surface area contributed by atoms with Crippen molar-refractivity contribution in [1.82, 2.24) is 0 Å². The second kappa shape index (κ2) is 4.22. The van der Waals surface area contributed by atoms with E-state index in [0.29, 0.717) is 11.3 Å². The van der Waals surface area contributed by atoms with Crippen LogP contribution in [0.1, 0.15) is 32.8 Å². The molecule has 0 fully saturated rings. The van der Waals surface area contributed by atoms with Gasteiger partial charge >= 0.3 is 0 Å². The first-order chi connectivity index (χ1) is 6.98. The van der Waals surface area contributed by atoms with E-state index in [2.05, 4.69) is 26.1 Å². The number of nitrogens with one attached hydrogen (secondary N) is 1. The van der Waals surface area contributed by atoms with Gasteiger partial charge in [0.05, 0.1) is 17.3 Å². The van der Waals surface area contributed by atoms with Crippen LogP contribution < -0.4 is 5.32 Å². The van der Waals surface area contributed by atoms with Gasteiger partial charge in [-0.3, -0.25) is 0 Å². The first-order valence-electron chi connectivity index (χ1n) is 5.00. The average molecular weight is 204 g/mol. The molecule has 1 rings (SSSR count). The van der Waals surface area contributed by atoms with Gasteiger partial charge in [0.25, 0.3) is 0 Å². The van der Waals surface area contributed by atoms with E-state index in [9.17, 15) is 5.11 Å². The first kappa shape index (κ1) is 11.4. The van der Waals surface area contributed by atoms with Crippen molar-refractivity contribution in [3.63, 3.8) is 0 Å². The summed E-state index contributed by atoms with van der Waals surface area (Å²) in [6.07, 6.45) is 0.951. The van der Waals surface area contributed by atoms with E-state index in [4.69, 9.17) is 5.26 Å². The Kier molecular flexibility index (Phi) is 3.21. The molecule has 0 radical (unpaired) electrons. The van der Waals surface area contributed by atoms with Gasteiger partial charge in [0.1, 0.15) is 5.75 Å². The summed E-state index contributed by atoms with van der Waals surface area (Å²) < 4.78 is 0. The molecule has 0 amide bonds. The van der Waals surface area contributed by atoms with Crippen LogP contribution >= 0.6 is 0 Å². The van der Waals surface area contributed by atoms with E-state index in [1.165, 1.54) is 6.07 Å². The van der Waals surface area contributed by atoms with E-state index < -0.39 is 0 Å². The van der Waals surface area contributed by atoms with Crippen LogP contribution in [0.2, 0.25) is 0 Å². The molecule has 1 aromatic rings. The molecule has 1 aromatic carbocycles. The summed E-state index contributed by atoms with van der Waals surface area (Å²) in [7, 11) is 0. The standard InChI is InChI=1S/C12H16N2O/c1-4-12(2,3)14-10-6-5-9(8-13)7-11(10)15/h5-7,14-15H,4H2,1-3H3. The maximum absolute atomic E-state index is 9.67. The number of hydrogen-bond donors (Lipinski definition) is 2. The molecule has 0 spiro atoms. The fourth-order valence-corrected chi connectivity index (χ4v) is 1.16. The molecule has 3 nitrogen and oxygen atoms in total. The quantitative estimate of drug-likeness (QED) is 0.744. The van der Waals surface area contributed by atoms with E-state index in [0.717, 1.165) is 6.42 Å². The van der Waals surface area contributed by atoms with E-state index in [1.54, 1.807) is 12.1 Å². The number of phenols is 1. The van der Waals surface area contributed by atoms with Crippen molar-refractivity contribution < 1.29 is 5.11 Å². The highest BCUT2D eigenvalue weighted by atomic mass is 16.3. The average Bonchev–Trinajstić information content (AvgIpc) is 2.21. The molecule has 0 saturated heterocycles. The first-order valence-corrected chi connectivity index (χ1v) is 5.00. The van der Waals surface area contributed by atoms with E-state index >= 15 is 0 Å². The Balaban J connectivity index is 2.93. The zero-order valence-electron chi connectivity index (χ0n) is 9.33. The minimum Gasteiger partial charge on any atom is -0.506 e. The minimum atomic E-state index is -0.0638. The second-order valence-electron chi connectivity index (χ2n) is 4.21. The summed E-state index contributed by atoms with van der Waals surface area (Å²) in [6.45, 7) is 6.20. The molecule has 80 valence electrons. The third-order valence-electron chi connectivity index (χ3n) is 2.48. The van der Waals surface area contributed by atoms with Crippen LogP contribution in [0.3, 0.4) is 0 Å². The highest BCUT2D eigenvalue weighted by Gasteiger charge is 2.15. The normalized spacial score (nSPS) is 10.8. The van der Waals surface area contributed by atoms with Gasteiger partial charge in [-0.2, -0.15) is 5.26 Å². The van der Waals surface area contributed by atoms with Crippen LogP contribution in [0.5, 0.6) is 5.75 Å². The van der Waals surface area contributed by atoms with Gasteiger partial charge in [-0.05, 0) is 38.5 Å². The topological polar surface area (TPSA) is 56.0 Å². The van der Waals surface area contributed by atoms with Crippen LogP contribution in [0.4, 0.5) is 5.69 Å². The van der Waals surface area contributed by atoms with E-state index in [1.807, 2.05) is 6.07 Å². The maximum Gasteiger partial charge on any atom is 0.140 e. The van der Waals surface area contributed by atoms with Crippen molar-refractivity contribution in [3.05, 3.63) is 23.8 Å². The van der Waals surface area contributed by atoms with Gasteiger partial charge in [-0.25, -0.2) is 0 Å². The number of benzene rings is 1. The molecule has 15 heavy (non-hydrogen) atoms. The van der Waals surface area contributed by atoms with Crippen molar-refractivity contribution in [2.45, 2.75) is 32.7 Å². The lowest BCUT2D eigenvalue weighted by atomic mass is 10.0. The largest absolute Gasteiger partial charge is 0.506 e. The highest BCUT2D eigenvalue weighted by molar-refractivity contribution is 5.59. The lowest BCUT2D eigenvalue weighted by Crippen LogP contribution is -2.29. The summed E-state index contributed by atoms with van der Waals surface area (Å²) >= 11 is 0. The van der Waals surface area contributed by atoms with Gasteiger partial charge in [-0.15, -0.1) is 0 Å². The monoisotopic (exact) mass is 204 g/mol. The van der Waals surface area contributed by atoms with Crippen LogP contribution in [0.25, 0.3) is 0 Å². The van der Waals surface area contributed by atoms with Crippen molar-refractivity contribution in [3.8, 4) is 11.8 Å². The summed E-state index contributed by atoms with van der Waals surface area (Å²) in [5.74, 6) is 0.121. The fraction of sp³-hybridized carbons (Fsp3) is 0.417. The SMILES string of the molecule is CCC(C)(C)Nc1ccc(C#N)cc1O. The second-order valence-corrected chi connectivity index (χ2v) is 4.21. The summed E-state index contributed by atoms with van der Waals surface area (Å²) in [5.41, 5.74) is 1.07. The Morgan fingerprint density at radius 3 is 2.60 bits per heavy atom. The molecule has 0 bridgehead atoms. The Morgan fingerprint density at radius 2 is 2.13 bits per heavy atom. The third kappa shape index (κ3) is 2.88. The third-order valence-corrected chi connectivity index (χ3v) is 2.48. The number of nitrogens with zero attached hydrogens (tertiary/aromatic N) is 1. The van der Waals surface area contributed by atoms with Crippen LogP contribution in [-0.4, -0.2) is 10.6 Å². The van der Waals surface area contributed by atoms with Crippen LogP contribution in [-0.2, 0) is 0 Å². The van der Waals surface area contributed by atoms with Gasteiger partial charge in [-0.1, -0.05) is 6.92 Å². The molecule has 0 heterocycles. The Hall–Kier alpha value is -1.69. The van der Waals surface area contributed by atoms with Crippen LogP contribution in [0, 0.1) is 11.3 Å². The number of rotatable bonds is 3. The van der Waals surface area contributed by atoms with Gasteiger partial charge < -0.3 is 10.4 Å². The lowest BCUT2D eigenvalue weighted by Gasteiger charge is -2.26. The van der Waals surface area contributed by atoms with E-state index in [-0.39, 0.29) is 11.3 Å². The molecule has 0 aliphatic heterocycles. The molecule has 0 aliphatic rings. The fourth-order valence-electron chi connectivity index (χ4n) is 1.16. The molecule has 0 unspecified atom stereocenters. The highest BCUT2D eigenvalue weighted by Crippen LogP contribution is 2.27. The Morgan fingerprint density at radius 1 is 1.47 bits per heavy atom. The van der Waals surface area contributed by atoms with Crippen molar-refractivity contribution in [2.75, 3.05) is 5.32 Å². The van der Waals surface area contributed by atoms with Crippen molar-refractivity contribution >= 4 is 5.69 Å². The molecule has 0 aliphatic carbocycles. The predicted molar refractivity (Wildman–Crippen MR) is 60.8 cm³/mol. The number of aromatic hydroxyl groups is 1. The number of hydrogen-bond acceptors (Lipinski definition) is 3. The molecule has 3 heteroatoms. The smallest absolute Gasteiger partial charge is 0.140 e. The zero-order chi connectivity index (χ0) is 11.5. The summed E-state index contributed by atoms with van der Waals surface area (Å²) in [5, 5.41) is 21.5. The molecule has 0 atom stereocenters. The van der Waals surface area contributed by atoms with Crippen molar-refractivity contribution in [2.24, 2.45) is 0 Å². The number of nitriles is 1. The molecular weight excluding hydrogens is 188 g/mol. The van der Waals surface area contributed by atoms with Gasteiger partial charge in [0, 0.05) is 5.54 Å². The lowest BCUT2D eigenvalue weighted by molar-refractivity contribution is 0.471. The van der Waals surface area contributed by atoms with Gasteiger partial charge in [0.15, 0.2) is 0 Å². The Bertz CT molecular complexity index is 391. The number of phenolic OH excluding ortho intramolecular Hbond substituents is 1. The summed E-state index contributed by atoms with van der Waals surface area (Å²) in [6, 6.07) is 6.87. The predicted octanol–water partition coefficient (Wildman–Crippen LogP) is 2.86. The van der Waals surface area contributed by atoms with Crippen LogP contribution in [0.15, 0.2) is 18.2 Å². The molecule has 2 N–H and O–H groups in total. The zero-order valence-corrected chi connectivity index (χ0v) is 9.33. The number of anilines is 1. The molecule has 0 aromatic heterocycles. The molecule has 0 saturated carbocycles. The Labute approximate surface area is 90.4 Å².